The van der Waals surface area contributed by atoms with Crippen molar-refractivity contribution in [1.29, 1.82) is 0 Å². The third-order valence-corrected chi connectivity index (χ3v) is 7.30. The number of aryl methyl sites for hydroxylation is 1. The summed E-state index contributed by atoms with van der Waals surface area (Å²) < 4.78 is 22.6. The molecule has 1 atom stereocenters. The molecule has 1 saturated heterocycles. The first kappa shape index (κ1) is 29.2. The van der Waals surface area contributed by atoms with E-state index in [1.165, 1.54) is 26.2 Å². The number of carbonyl (C=O) groups is 2. The molecule has 1 fully saturated rings. The van der Waals surface area contributed by atoms with Crippen LogP contribution in [-0.4, -0.2) is 48.0 Å². The van der Waals surface area contributed by atoms with Crippen LogP contribution in [0.25, 0.3) is 5.76 Å². The molecule has 1 aromatic heterocycles. The molecule has 43 heavy (non-hydrogen) atoms. The molecular formula is C34H32N2O7. The van der Waals surface area contributed by atoms with Gasteiger partial charge in [-0.05, 0) is 65.6 Å². The highest BCUT2D eigenvalue weighted by Crippen LogP contribution is 2.46. The molecule has 0 saturated carbocycles. The lowest BCUT2D eigenvalue weighted by molar-refractivity contribution is -0.140. The Morgan fingerprint density at radius 1 is 0.860 bits per heavy atom. The average Bonchev–Trinajstić information content (AvgIpc) is 3.28. The van der Waals surface area contributed by atoms with Crippen LogP contribution in [0.4, 0.5) is 0 Å². The van der Waals surface area contributed by atoms with E-state index < -0.39 is 17.7 Å². The fourth-order valence-corrected chi connectivity index (χ4v) is 5.19. The van der Waals surface area contributed by atoms with Crippen molar-refractivity contribution in [2.75, 3.05) is 21.3 Å². The van der Waals surface area contributed by atoms with E-state index >= 15 is 0 Å². The van der Waals surface area contributed by atoms with Crippen LogP contribution < -0.4 is 18.9 Å². The second-order valence-corrected chi connectivity index (χ2v) is 10.0. The fraction of sp³-hybridized carbons (Fsp3) is 0.206. The summed E-state index contributed by atoms with van der Waals surface area (Å²) in [4.78, 5) is 32.7. The number of likely N-dealkylation sites (tertiary alicyclic amines) is 1. The van der Waals surface area contributed by atoms with Gasteiger partial charge in [0, 0.05) is 24.5 Å². The van der Waals surface area contributed by atoms with Gasteiger partial charge in [0.2, 0.25) is 5.75 Å². The summed E-state index contributed by atoms with van der Waals surface area (Å²) in [6, 6.07) is 20.9. The number of carbonyl (C=O) groups excluding carboxylic acids is 2. The molecular weight excluding hydrogens is 548 g/mol. The maximum Gasteiger partial charge on any atom is 0.295 e. The number of ketones is 1. The van der Waals surface area contributed by atoms with Crippen LogP contribution in [0.2, 0.25) is 0 Å². The van der Waals surface area contributed by atoms with E-state index in [1.807, 2.05) is 43.3 Å². The molecule has 0 radical (unpaired) electrons. The molecule has 4 aromatic rings. The summed E-state index contributed by atoms with van der Waals surface area (Å²) in [5.74, 6) is -0.160. The zero-order valence-corrected chi connectivity index (χ0v) is 24.4. The van der Waals surface area contributed by atoms with Crippen LogP contribution >= 0.6 is 0 Å². The van der Waals surface area contributed by atoms with Gasteiger partial charge in [0.15, 0.2) is 11.5 Å². The Bertz CT molecular complexity index is 1640. The molecule has 1 amide bonds. The van der Waals surface area contributed by atoms with Crippen LogP contribution in [-0.2, 0) is 22.7 Å². The molecule has 5 rings (SSSR count). The van der Waals surface area contributed by atoms with E-state index in [0.29, 0.717) is 40.7 Å². The third kappa shape index (κ3) is 5.88. The van der Waals surface area contributed by atoms with Crippen molar-refractivity contribution in [1.82, 2.24) is 9.88 Å². The van der Waals surface area contributed by atoms with Crippen molar-refractivity contribution < 1.29 is 33.6 Å². The van der Waals surface area contributed by atoms with Crippen LogP contribution in [0, 0.1) is 6.92 Å². The van der Waals surface area contributed by atoms with Gasteiger partial charge in [-0.25, -0.2) is 0 Å². The molecule has 0 aliphatic carbocycles. The zero-order valence-electron chi connectivity index (χ0n) is 24.4. The van der Waals surface area contributed by atoms with Crippen molar-refractivity contribution in [3.05, 3.63) is 119 Å². The van der Waals surface area contributed by atoms with Crippen molar-refractivity contribution in [3.63, 3.8) is 0 Å². The summed E-state index contributed by atoms with van der Waals surface area (Å²) >= 11 is 0. The first-order valence-electron chi connectivity index (χ1n) is 13.6. The quantitative estimate of drug-likeness (QED) is 0.146. The van der Waals surface area contributed by atoms with Crippen molar-refractivity contribution >= 4 is 17.4 Å². The van der Waals surface area contributed by atoms with Crippen LogP contribution in [0.15, 0.2) is 90.8 Å². The highest BCUT2D eigenvalue weighted by atomic mass is 16.5. The first-order valence-corrected chi connectivity index (χ1v) is 13.6. The molecule has 2 heterocycles. The molecule has 0 spiro atoms. The lowest BCUT2D eigenvalue weighted by Gasteiger charge is -2.26. The minimum absolute atomic E-state index is 0.0551. The number of hydrogen-bond donors (Lipinski definition) is 1. The highest BCUT2D eigenvalue weighted by Gasteiger charge is 2.46. The molecule has 9 nitrogen and oxygen atoms in total. The standard InChI is InChI=1S/C34H32N2O7/c1-21-15-24(12-13-26(21)43-20-22-9-6-5-7-10-22)31(37)29-30(25-16-27(40-2)33(42-4)28(17-25)41-3)36(34(39)32(29)38)19-23-11-8-14-35-18-23/h5-18,30,37H,19-20H2,1-4H3/b31-29+/t30-/m1/s1. The van der Waals surface area contributed by atoms with Gasteiger partial charge >= 0.3 is 0 Å². The Morgan fingerprint density at radius 2 is 1.56 bits per heavy atom. The number of benzene rings is 3. The van der Waals surface area contributed by atoms with E-state index in [1.54, 1.807) is 48.8 Å². The van der Waals surface area contributed by atoms with Crippen molar-refractivity contribution in [2.45, 2.75) is 26.1 Å². The maximum absolute atomic E-state index is 13.6. The van der Waals surface area contributed by atoms with Crippen molar-refractivity contribution in [2.24, 2.45) is 0 Å². The number of aliphatic hydroxyl groups excluding tert-OH is 1. The number of ether oxygens (including phenoxy) is 4. The van der Waals surface area contributed by atoms with Gasteiger partial charge in [-0.2, -0.15) is 0 Å². The molecule has 0 bridgehead atoms. The largest absolute Gasteiger partial charge is 0.507 e. The highest BCUT2D eigenvalue weighted by molar-refractivity contribution is 6.46. The Morgan fingerprint density at radius 3 is 2.16 bits per heavy atom. The van der Waals surface area contributed by atoms with E-state index in [4.69, 9.17) is 18.9 Å². The summed E-state index contributed by atoms with van der Waals surface area (Å²) in [5, 5.41) is 11.6. The van der Waals surface area contributed by atoms with Gasteiger partial charge in [0.05, 0.1) is 32.9 Å². The molecule has 3 aromatic carbocycles. The summed E-state index contributed by atoms with van der Waals surface area (Å²) in [6.45, 7) is 2.32. The SMILES string of the molecule is COc1cc([C@@H]2/C(=C(\O)c3ccc(OCc4ccccc4)c(C)c3)C(=O)C(=O)N2Cc2cccnc2)cc(OC)c1OC. The Hall–Kier alpha value is -5.31. The number of nitrogens with zero attached hydrogens (tertiary/aromatic N) is 2. The number of amides is 1. The molecule has 220 valence electrons. The number of aromatic nitrogens is 1. The molecule has 1 aliphatic rings. The molecule has 0 unspecified atom stereocenters. The minimum Gasteiger partial charge on any atom is -0.507 e. The topological polar surface area (TPSA) is 107 Å². The second kappa shape index (κ2) is 12.7. The van der Waals surface area contributed by atoms with Crippen LogP contribution in [0.3, 0.4) is 0 Å². The van der Waals surface area contributed by atoms with E-state index in [-0.39, 0.29) is 17.9 Å². The number of hydrogen-bond acceptors (Lipinski definition) is 8. The van der Waals surface area contributed by atoms with Gasteiger partial charge in [-0.15, -0.1) is 0 Å². The van der Waals surface area contributed by atoms with Crippen LogP contribution in [0.1, 0.15) is 33.9 Å². The summed E-state index contributed by atoms with van der Waals surface area (Å²) in [7, 11) is 4.46. The minimum atomic E-state index is -0.955. The Balaban J connectivity index is 1.59. The van der Waals surface area contributed by atoms with Crippen LogP contribution in [0.5, 0.6) is 23.0 Å². The normalized spacial score (nSPS) is 15.8. The van der Waals surface area contributed by atoms with E-state index in [0.717, 1.165) is 16.7 Å². The Labute approximate surface area is 249 Å². The number of methoxy groups -OCH3 is 3. The summed E-state index contributed by atoms with van der Waals surface area (Å²) in [6.07, 6.45) is 3.26. The van der Waals surface area contributed by atoms with Gasteiger partial charge in [-0.1, -0.05) is 36.4 Å². The first-order chi connectivity index (χ1) is 20.9. The predicted molar refractivity (Wildman–Crippen MR) is 160 cm³/mol. The van der Waals surface area contributed by atoms with E-state index in [2.05, 4.69) is 4.98 Å². The number of pyridine rings is 1. The lowest BCUT2D eigenvalue weighted by atomic mass is 9.94. The smallest absolute Gasteiger partial charge is 0.295 e. The number of rotatable bonds is 10. The molecule has 1 aliphatic heterocycles. The monoisotopic (exact) mass is 580 g/mol. The predicted octanol–water partition coefficient (Wildman–Crippen LogP) is 5.62. The maximum atomic E-state index is 13.6. The second-order valence-electron chi connectivity index (χ2n) is 10.0. The number of aliphatic hydroxyl groups is 1. The summed E-state index contributed by atoms with van der Waals surface area (Å²) in [5.41, 5.74) is 3.32. The molecule has 9 heteroatoms. The number of Topliss-reactive ketones (excluding diaryl/α,β-unsaturated/α-hetero) is 1. The zero-order chi connectivity index (χ0) is 30.5. The fourth-order valence-electron chi connectivity index (χ4n) is 5.19. The third-order valence-electron chi connectivity index (χ3n) is 7.30. The van der Waals surface area contributed by atoms with Gasteiger partial charge in [-0.3, -0.25) is 14.6 Å². The van der Waals surface area contributed by atoms with Gasteiger partial charge in [0.25, 0.3) is 11.7 Å². The average molecular weight is 581 g/mol. The molecule has 1 N–H and O–H groups in total. The lowest BCUT2D eigenvalue weighted by Crippen LogP contribution is -2.29. The van der Waals surface area contributed by atoms with E-state index in [9.17, 15) is 14.7 Å². The Kier molecular flexibility index (Phi) is 8.61. The van der Waals surface area contributed by atoms with Crippen molar-refractivity contribution in [3.8, 4) is 23.0 Å². The van der Waals surface area contributed by atoms with Gasteiger partial charge in [0.1, 0.15) is 18.1 Å². The van der Waals surface area contributed by atoms with Gasteiger partial charge < -0.3 is 29.0 Å².